The topological polar surface area (TPSA) is 65.1 Å². The predicted molar refractivity (Wildman–Crippen MR) is 95.4 cm³/mol. The van der Waals surface area contributed by atoms with Crippen molar-refractivity contribution >= 4 is 23.5 Å². The largest absolute Gasteiger partial charge is 0.454 e. The molecule has 26 heavy (non-hydrogen) atoms. The number of ether oxygens (including phenoxy) is 3. The summed E-state index contributed by atoms with van der Waals surface area (Å²) < 4.78 is 15.7. The molecule has 2 aromatic carbocycles. The highest BCUT2D eigenvalue weighted by molar-refractivity contribution is 6.33. The summed E-state index contributed by atoms with van der Waals surface area (Å²) in [6, 6.07) is 12.1. The van der Waals surface area contributed by atoms with E-state index in [1.807, 2.05) is 25.1 Å². The van der Waals surface area contributed by atoms with Crippen molar-refractivity contribution in [1.82, 2.24) is 4.90 Å². The summed E-state index contributed by atoms with van der Waals surface area (Å²) in [5, 5.41) is 0.289. The quantitative estimate of drug-likeness (QED) is 0.725. The average Bonchev–Trinajstić information content (AvgIpc) is 3.12. The predicted octanol–water partition coefficient (Wildman–Crippen LogP) is 3.27. The Kier molecular flexibility index (Phi) is 5.63. The van der Waals surface area contributed by atoms with Gasteiger partial charge in [-0.25, -0.2) is 4.79 Å². The fourth-order valence-corrected chi connectivity index (χ4v) is 2.77. The van der Waals surface area contributed by atoms with E-state index >= 15 is 0 Å². The molecule has 7 heteroatoms. The first-order valence-corrected chi connectivity index (χ1v) is 8.54. The van der Waals surface area contributed by atoms with Gasteiger partial charge in [0.25, 0.3) is 5.91 Å². The Morgan fingerprint density at radius 2 is 1.92 bits per heavy atom. The monoisotopic (exact) mass is 375 g/mol. The molecule has 0 saturated heterocycles. The van der Waals surface area contributed by atoms with Crippen molar-refractivity contribution in [3.8, 4) is 11.5 Å². The molecular weight excluding hydrogens is 358 g/mol. The van der Waals surface area contributed by atoms with Crippen LogP contribution < -0.4 is 9.47 Å². The molecule has 6 nitrogen and oxygen atoms in total. The molecule has 0 N–H and O–H groups in total. The van der Waals surface area contributed by atoms with Crippen molar-refractivity contribution < 1.29 is 23.8 Å². The molecule has 0 saturated carbocycles. The molecule has 3 rings (SSSR count). The molecule has 0 atom stereocenters. The van der Waals surface area contributed by atoms with Gasteiger partial charge in [0.2, 0.25) is 6.79 Å². The second kappa shape index (κ2) is 8.10. The Bertz CT molecular complexity index is 823. The lowest BCUT2D eigenvalue weighted by molar-refractivity contribution is -0.134. The summed E-state index contributed by atoms with van der Waals surface area (Å²) in [6.45, 7) is 2.59. The molecule has 1 aliphatic heterocycles. The number of fused-ring (bicyclic) bond motifs is 1. The van der Waals surface area contributed by atoms with Crippen LogP contribution in [0.15, 0.2) is 42.5 Å². The molecule has 136 valence electrons. The van der Waals surface area contributed by atoms with Gasteiger partial charge in [0, 0.05) is 13.1 Å². The number of carbonyl (C=O) groups is 2. The summed E-state index contributed by atoms with van der Waals surface area (Å²) in [4.78, 5) is 26.0. The first-order valence-electron chi connectivity index (χ1n) is 8.16. The van der Waals surface area contributed by atoms with Crippen molar-refractivity contribution in [1.29, 1.82) is 0 Å². The Morgan fingerprint density at radius 3 is 2.69 bits per heavy atom. The van der Waals surface area contributed by atoms with Crippen LogP contribution in [0.25, 0.3) is 0 Å². The maximum Gasteiger partial charge on any atom is 0.340 e. The Balaban J connectivity index is 1.59. The van der Waals surface area contributed by atoms with Gasteiger partial charge in [0.1, 0.15) is 0 Å². The van der Waals surface area contributed by atoms with Gasteiger partial charge in [-0.3, -0.25) is 4.79 Å². The molecule has 0 bridgehead atoms. The van der Waals surface area contributed by atoms with E-state index in [4.69, 9.17) is 25.8 Å². The van der Waals surface area contributed by atoms with Crippen LogP contribution in [0.2, 0.25) is 5.02 Å². The fraction of sp³-hybridized carbons (Fsp3) is 0.263. The number of hydrogen-bond donors (Lipinski definition) is 0. The number of hydrogen-bond acceptors (Lipinski definition) is 5. The molecule has 0 radical (unpaired) electrons. The van der Waals surface area contributed by atoms with Crippen molar-refractivity contribution in [2.75, 3.05) is 19.9 Å². The van der Waals surface area contributed by atoms with Crippen molar-refractivity contribution in [2.24, 2.45) is 0 Å². The average molecular weight is 376 g/mol. The Hall–Kier alpha value is -2.73. The van der Waals surface area contributed by atoms with E-state index in [2.05, 4.69) is 0 Å². The standard InChI is InChI=1S/C19H18ClNO5/c1-2-21(10-13-7-8-16-17(9-13)26-12-25-16)18(22)11-24-19(23)14-5-3-4-6-15(14)20/h3-9H,2,10-12H2,1H3. The lowest BCUT2D eigenvalue weighted by Crippen LogP contribution is -2.34. The highest BCUT2D eigenvalue weighted by Gasteiger charge is 2.19. The lowest BCUT2D eigenvalue weighted by atomic mass is 10.2. The highest BCUT2D eigenvalue weighted by Crippen LogP contribution is 2.32. The fourth-order valence-electron chi connectivity index (χ4n) is 2.56. The van der Waals surface area contributed by atoms with E-state index < -0.39 is 5.97 Å². The Labute approximate surface area is 156 Å². The van der Waals surface area contributed by atoms with E-state index in [-0.39, 0.29) is 29.9 Å². The number of carbonyl (C=O) groups excluding carboxylic acids is 2. The van der Waals surface area contributed by atoms with Crippen LogP contribution >= 0.6 is 11.6 Å². The maximum atomic E-state index is 12.4. The van der Waals surface area contributed by atoms with Crippen LogP contribution in [0.3, 0.4) is 0 Å². The molecule has 2 aromatic rings. The van der Waals surface area contributed by atoms with Crippen molar-refractivity contribution in [3.05, 3.63) is 58.6 Å². The number of benzene rings is 2. The molecule has 0 aromatic heterocycles. The lowest BCUT2D eigenvalue weighted by Gasteiger charge is -2.21. The van der Waals surface area contributed by atoms with Crippen LogP contribution in [0, 0.1) is 0 Å². The van der Waals surface area contributed by atoms with Crippen LogP contribution in [-0.4, -0.2) is 36.7 Å². The number of nitrogens with zero attached hydrogens (tertiary/aromatic N) is 1. The number of halogens is 1. The van der Waals surface area contributed by atoms with Gasteiger partial charge in [-0.15, -0.1) is 0 Å². The van der Waals surface area contributed by atoms with Gasteiger partial charge >= 0.3 is 5.97 Å². The first-order chi connectivity index (χ1) is 12.6. The maximum absolute atomic E-state index is 12.4. The molecule has 0 aliphatic carbocycles. The smallest absolute Gasteiger partial charge is 0.340 e. The SMILES string of the molecule is CCN(Cc1ccc2c(c1)OCO2)C(=O)COC(=O)c1ccccc1Cl. The zero-order valence-electron chi connectivity index (χ0n) is 14.2. The minimum atomic E-state index is -0.622. The third kappa shape index (κ3) is 4.08. The summed E-state index contributed by atoms with van der Waals surface area (Å²) in [5.41, 5.74) is 1.14. The normalized spacial score (nSPS) is 11.9. The van der Waals surface area contributed by atoms with E-state index in [0.717, 1.165) is 5.56 Å². The number of rotatable bonds is 6. The van der Waals surface area contributed by atoms with E-state index in [1.54, 1.807) is 29.2 Å². The molecular formula is C19H18ClNO5. The molecule has 0 unspecified atom stereocenters. The van der Waals surface area contributed by atoms with Crippen LogP contribution in [0.1, 0.15) is 22.8 Å². The molecule has 1 aliphatic rings. The first kappa shape index (κ1) is 18.1. The second-order valence-electron chi connectivity index (χ2n) is 5.65. The van der Waals surface area contributed by atoms with E-state index in [9.17, 15) is 9.59 Å². The molecule has 0 spiro atoms. The minimum Gasteiger partial charge on any atom is -0.454 e. The van der Waals surface area contributed by atoms with E-state index in [0.29, 0.717) is 24.6 Å². The molecule has 1 amide bonds. The number of amides is 1. The minimum absolute atomic E-state index is 0.202. The van der Waals surface area contributed by atoms with Crippen LogP contribution in [0.5, 0.6) is 11.5 Å². The number of likely N-dealkylation sites (N-methyl/N-ethyl adjacent to an activating group) is 1. The third-order valence-corrected chi connectivity index (χ3v) is 4.29. The third-order valence-electron chi connectivity index (χ3n) is 3.97. The van der Waals surface area contributed by atoms with Crippen molar-refractivity contribution in [2.45, 2.75) is 13.5 Å². The van der Waals surface area contributed by atoms with Gasteiger partial charge in [-0.1, -0.05) is 29.8 Å². The zero-order valence-corrected chi connectivity index (χ0v) is 15.0. The summed E-state index contributed by atoms with van der Waals surface area (Å²) >= 11 is 5.96. The summed E-state index contributed by atoms with van der Waals surface area (Å²) in [5.74, 6) is 0.446. The van der Waals surface area contributed by atoms with Crippen LogP contribution in [-0.2, 0) is 16.1 Å². The number of esters is 1. The van der Waals surface area contributed by atoms with Crippen molar-refractivity contribution in [3.63, 3.8) is 0 Å². The molecule has 1 heterocycles. The Morgan fingerprint density at radius 1 is 1.15 bits per heavy atom. The van der Waals surface area contributed by atoms with Gasteiger partial charge in [0.15, 0.2) is 18.1 Å². The summed E-state index contributed by atoms with van der Waals surface area (Å²) in [6.07, 6.45) is 0. The highest BCUT2D eigenvalue weighted by atomic mass is 35.5. The van der Waals surface area contributed by atoms with Gasteiger partial charge in [-0.2, -0.15) is 0 Å². The second-order valence-corrected chi connectivity index (χ2v) is 6.06. The zero-order chi connectivity index (χ0) is 18.5. The van der Waals surface area contributed by atoms with Gasteiger partial charge in [-0.05, 0) is 36.8 Å². The van der Waals surface area contributed by atoms with Gasteiger partial charge < -0.3 is 19.1 Å². The van der Waals surface area contributed by atoms with Crippen LogP contribution in [0.4, 0.5) is 0 Å². The summed E-state index contributed by atoms with van der Waals surface area (Å²) in [7, 11) is 0. The van der Waals surface area contributed by atoms with Gasteiger partial charge in [0.05, 0.1) is 10.6 Å². The van der Waals surface area contributed by atoms with E-state index in [1.165, 1.54) is 0 Å². The molecule has 0 fully saturated rings.